The van der Waals surface area contributed by atoms with Crippen molar-refractivity contribution >= 4 is 19.8 Å². The van der Waals surface area contributed by atoms with Crippen LogP contribution in [-0.2, 0) is 32.7 Å². The van der Waals surface area contributed by atoms with Crippen LogP contribution in [0.15, 0.2) is 48.6 Å². The number of phosphoric acid groups is 1. The molecule has 9 nitrogen and oxygen atoms in total. The van der Waals surface area contributed by atoms with Crippen LogP contribution in [0.5, 0.6) is 0 Å². The van der Waals surface area contributed by atoms with Crippen LogP contribution in [0.25, 0.3) is 0 Å². The fourth-order valence-electron chi connectivity index (χ4n) is 11.1. The van der Waals surface area contributed by atoms with Crippen molar-refractivity contribution in [2.75, 3.05) is 47.5 Å². The molecular formula is C76H144NO8P. The second-order valence-corrected chi connectivity index (χ2v) is 28.1. The molecule has 0 aliphatic heterocycles. The van der Waals surface area contributed by atoms with Crippen LogP contribution >= 0.6 is 7.82 Å². The van der Waals surface area contributed by atoms with Gasteiger partial charge in [0.15, 0.2) is 6.10 Å². The Bertz CT molecular complexity index is 1590. The molecule has 0 N–H and O–H groups in total. The predicted octanol–water partition coefficient (Wildman–Crippen LogP) is 23.8. The van der Waals surface area contributed by atoms with Crippen LogP contribution in [0.2, 0.25) is 0 Å². The molecule has 0 amide bonds. The van der Waals surface area contributed by atoms with Gasteiger partial charge < -0.3 is 27.9 Å². The molecule has 0 heterocycles. The number of allylic oxidation sites excluding steroid dienone is 8. The molecule has 0 rings (SSSR count). The first-order valence-electron chi connectivity index (χ1n) is 37.3. The topological polar surface area (TPSA) is 111 Å². The number of quaternary nitrogens is 1. The van der Waals surface area contributed by atoms with Gasteiger partial charge in [-0.25, -0.2) is 0 Å². The monoisotopic (exact) mass is 1230 g/mol. The third-order valence-corrected chi connectivity index (χ3v) is 17.8. The summed E-state index contributed by atoms with van der Waals surface area (Å²) in [5.41, 5.74) is 0. The van der Waals surface area contributed by atoms with Gasteiger partial charge in [-0.05, 0) is 77.0 Å². The number of ether oxygens (including phenoxy) is 2. The minimum absolute atomic E-state index is 0.0285. The maximum atomic E-state index is 12.9. The van der Waals surface area contributed by atoms with Gasteiger partial charge in [0.2, 0.25) is 0 Å². The molecule has 0 aliphatic rings. The van der Waals surface area contributed by atoms with Gasteiger partial charge in [-0.1, -0.05) is 332 Å². The van der Waals surface area contributed by atoms with Gasteiger partial charge in [-0.15, -0.1) is 0 Å². The van der Waals surface area contributed by atoms with Crippen molar-refractivity contribution in [2.24, 2.45) is 0 Å². The van der Waals surface area contributed by atoms with Gasteiger partial charge in [0.25, 0.3) is 7.82 Å². The van der Waals surface area contributed by atoms with Gasteiger partial charge in [-0.2, -0.15) is 0 Å². The molecule has 0 fully saturated rings. The molecule has 2 unspecified atom stereocenters. The van der Waals surface area contributed by atoms with Crippen LogP contribution in [0.4, 0.5) is 0 Å². The third-order valence-electron chi connectivity index (χ3n) is 16.8. The molecule has 2 atom stereocenters. The number of hydrogen-bond donors (Lipinski definition) is 0. The van der Waals surface area contributed by atoms with Gasteiger partial charge in [-0.3, -0.25) is 14.2 Å². The first-order valence-corrected chi connectivity index (χ1v) is 38.8. The number of likely N-dealkylation sites (N-methyl/N-ethyl adjacent to an activating group) is 1. The highest BCUT2D eigenvalue weighted by molar-refractivity contribution is 7.45. The molecule has 0 aromatic carbocycles. The number of esters is 2. The largest absolute Gasteiger partial charge is 0.756 e. The lowest BCUT2D eigenvalue weighted by Crippen LogP contribution is -2.37. The average Bonchev–Trinajstić information content (AvgIpc) is 3.67. The maximum absolute atomic E-state index is 12.9. The molecular weight excluding hydrogens is 1090 g/mol. The maximum Gasteiger partial charge on any atom is 0.306 e. The van der Waals surface area contributed by atoms with E-state index in [0.29, 0.717) is 17.4 Å². The van der Waals surface area contributed by atoms with Crippen LogP contribution in [0.1, 0.15) is 373 Å². The van der Waals surface area contributed by atoms with E-state index in [1.165, 1.54) is 295 Å². The van der Waals surface area contributed by atoms with E-state index in [1.807, 2.05) is 21.1 Å². The van der Waals surface area contributed by atoms with Gasteiger partial charge >= 0.3 is 11.9 Å². The van der Waals surface area contributed by atoms with Crippen molar-refractivity contribution in [2.45, 2.75) is 380 Å². The summed E-state index contributed by atoms with van der Waals surface area (Å²) in [6.45, 7) is 4.29. The predicted molar refractivity (Wildman–Crippen MR) is 370 cm³/mol. The summed E-state index contributed by atoms with van der Waals surface area (Å²) in [5, 5.41) is 0. The number of unbranched alkanes of at least 4 members (excludes halogenated alkanes) is 48. The van der Waals surface area contributed by atoms with Crippen LogP contribution < -0.4 is 4.89 Å². The van der Waals surface area contributed by atoms with E-state index < -0.39 is 26.5 Å². The quantitative estimate of drug-likeness (QED) is 0.0195. The Morgan fingerprint density at radius 1 is 0.360 bits per heavy atom. The number of rotatable bonds is 70. The Kier molecular flexibility index (Phi) is 65.8. The Labute approximate surface area is 534 Å². The van der Waals surface area contributed by atoms with Crippen molar-refractivity contribution in [3.63, 3.8) is 0 Å². The zero-order valence-electron chi connectivity index (χ0n) is 57.8. The number of carbonyl (C=O) groups excluding carboxylic acids is 2. The molecule has 0 radical (unpaired) electrons. The summed E-state index contributed by atoms with van der Waals surface area (Å²) in [6.07, 6.45) is 87.8. The standard InChI is InChI=1S/C76H144NO8P/c1-6-8-10-12-14-16-18-20-22-24-26-28-30-32-33-34-35-36-37-38-39-40-41-42-43-45-47-49-51-53-55-57-59-61-63-65-67-69-76(79)85-74(73-84-86(80,81)83-71-70-77(3,4)5)72-82-75(78)68-66-64-62-60-58-56-54-52-50-48-46-44-31-29-27-25-23-21-19-17-15-13-11-9-7-2/h18,20,24-27,30,32,74H,6-17,19,21-23,28-29,31,33-73H2,1-5H3/b20-18-,26-24-,27-25-,32-30-. The van der Waals surface area contributed by atoms with Crippen molar-refractivity contribution in [3.05, 3.63) is 48.6 Å². The smallest absolute Gasteiger partial charge is 0.306 e. The highest BCUT2D eigenvalue weighted by Gasteiger charge is 2.22. The lowest BCUT2D eigenvalue weighted by molar-refractivity contribution is -0.870. The molecule has 0 aromatic rings. The summed E-state index contributed by atoms with van der Waals surface area (Å²) in [5.74, 6) is -0.813. The fourth-order valence-corrected chi connectivity index (χ4v) is 11.8. The van der Waals surface area contributed by atoms with E-state index in [4.69, 9.17) is 18.5 Å². The molecule has 0 aliphatic carbocycles. The summed E-state index contributed by atoms with van der Waals surface area (Å²) in [4.78, 5) is 38.1. The first kappa shape index (κ1) is 84.0. The minimum atomic E-state index is -4.64. The van der Waals surface area contributed by atoms with E-state index in [-0.39, 0.29) is 32.0 Å². The van der Waals surface area contributed by atoms with Crippen LogP contribution in [0.3, 0.4) is 0 Å². The molecule has 10 heteroatoms. The highest BCUT2D eigenvalue weighted by Crippen LogP contribution is 2.38. The summed E-state index contributed by atoms with van der Waals surface area (Å²) < 4.78 is 34.4. The highest BCUT2D eigenvalue weighted by atomic mass is 31.2. The van der Waals surface area contributed by atoms with Crippen LogP contribution in [-0.4, -0.2) is 70.0 Å². The molecule has 0 bridgehead atoms. The number of phosphoric ester groups is 1. The average molecular weight is 1230 g/mol. The number of hydrogen-bond acceptors (Lipinski definition) is 8. The Hall–Kier alpha value is -2.03. The molecule has 0 saturated carbocycles. The normalized spacial score (nSPS) is 13.3. The van der Waals surface area contributed by atoms with Crippen molar-refractivity contribution < 1.29 is 42.1 Å². The van der Waals surface area contributed by atoms with E-state index >= 15 is 0 Å². The Balaban J connectivity index is 3.95. The SMILES string of the molecule is CCCCCCC/C=C\C/C=C\C/C=C\CCCCCCCCCCCCCCCCCCCCCCCCC(=O)OC(COC(=O)CCCCCCCCCCCCCCC/C=C\CCCCCCCCCC)COP(=O)([O-])OCC[N+](C)(C)C. The molecule has 0 aromatic heterocycles. The summed E-state index contributed by atoms with van der Waals surface area (Å²) >= 11 is 0. The summed E-state index contributed by atoms with van der Waals surface area (Å²) in [7, 11) is 1.18. The Morgan fingerprint density at radius 3 is 0.942 bits per heavy atom. The molecule has 0 saturated heterocycles. The lowest BCUT2D eigenvalue weighted by Gasteiger charge is -2.28. The number of nitrogens with zero attached hydrogens (tertiary/aromatic N) is 1. The van der Waals surface area contributed by atoms with Crippen molar-refractivity contribution in [1.82, 2.24) is 0 Å². The zero-order valence-corrected chi connectivity index (χ0v) is 58.7. The molecule has 0 spiro atoms. The van der Waals surface area contributed by atoms with E-state index in [2.05, 4.69) is 62.5 Å². The van der Waals surface area contributed by atoms with Crippen molar-refractivity contribution in [3.8, 4) is 0 Å². The van der Waals surface area contributed by atoms with Gasteiger partial charge in [0.1, 0.15) is 19.8 Å². The van der Waals surface area contributed by atoms with Gasteiger partial charge in [0.05, 0.1) is 27.7 Å². The fraction of sp³-hybridized carbons (Fsp3) is 0.868. The van der Waals surface area contributed by atoms with E-state index in [0.717, 1.165) is 44.9 Å². The second kappa shape index (κ2) is 67.4. The first-order chi connectivity index (χ1) is 42.0. The molecule has 506 valence electrons. The number of carbonyl (C=O) groups is 2. The van der Waals surface area contributed by atoms with Crippen molar-refractivity contribution in [1.29, 1.82) is 0 Å². The van der Waals surface area contributed by atoms with Gasteiger partial charge in [0, 0.05) is 12.8 Å². The second-order valence-electron chi connectivity index (χ2n) is 26.7. The lowest BCUT2D eigenvalue weighted by atomic mass is 10.0. The molecule has 86 heavy (non-hydrogen) atoms. The summed E-state index contributed by atoms with van der Waals surface area (Å²) in [6, 6.07) is 0. The van der Waals surface area contributed by atoms with E-state index in [9.17, 15) is 19.0 Å². The zero-order chi connectivity index (χ0) is 62.6. The van der Waals surface area contributed by atoms with Crippen LogP contribution in [0, 0.1) is 0 Å². The Morgan fingerprint density at radius 2 is 0.628 bits per heavy atom. The van der Waals surface area contributed by atoms with E-state index in [1.54, 1.807) is 0 Å². The minimum Gasteiger partial charge on any atom is -0.756 e. The third kappa shape index (κ3) is 71.1.